The standard InChI is InChI=1S/C20H26N4O4S/c1-17-8-9-19(16-20(17)24(25)26)29(27,28)21-10-5-11-22-12-14-23(15-13-22)18-6-3-2-4-7-18/h2-4,6-9,16,21H,5,10-15H2,1H3. The van der Waals surface area contributed by atoms with E-state index in [0.717, 1.165) is 38.8 Å². The van der Waals surface area contributed by atoms with Crippen molar-refractivity contribution in [2.45, 2.75) is 18.2 Å². The van der Waals surface area contributed by atoms with E-state index >= 15 is 0 Å². The number of hydrogen-bond acceptors (Lipinski definition) is 6. The second-order valence-electron chi connectivity index (χ2n) is 7.12. The van der Waals surface area contributed by atoms with E-state index in [1.54, 1.807) is 6.92 Å². The lowest BCUT2D eigenvalue weighted by molar-refractivity contribution is -0.385. The molecule has 8 nitrogen and oxygen atoms in total. The molecule has 0 saturated carbocycles. The van der Waals surface area contributed by atoms with Gasteiger partial charge in [-0.15, -0.1) is 0 Å². The van der Waals surface area contributed by atoms with Gasteiger partial charge in [0.1, 0.15) is 0 Å². The first-order valence-electron chi connectivity index (χ1n) is 9.64. The van der Waals surface area contributed by atoms with Crippen LogP contribution in [0, 0.1) is 17.0 Å². The largest absolute Gasteiger partial charge is 0.369 e. The Bertz CT molecular complexity index is 942. The number of nitrogens with zero attached hydrogens (tertiary/aromatic N) is 3. The van der Waals surface area contributed by atoms with Gasteiger partial charge in [-0.2, -0.15) is 0 Å². The minimum Gasteiger partial charge on any atom is -0.369 e. The maximum absolute atomic E-state index is 12.4. The number of aryl methyl sites for hydroxylation is 1. The van der Waals surface area contributed by atoms with Crippen LogP contribution in [0.4, 0.5) is 11.4 Å². The van der Waals surface area contributed by atoms with E-state index in [9.17, 15) is 18.5 Å². The van der Waals surface area contributed by atoms with Gasteiger partial charge in [-0.1, -0.05) is 24.3 Å². The molecule has 9 heteroatoms. The Morgan fingerprint density at radius 1 is 1.07 bits per heavy atom. The first-order valence-corrected chi connectivity index (χ1v) is 11.1. The number of piperazine rings is 1. The Kier molecular flexibility index (Phi) is 6.83. The number of para-hydroxylation sites is 1. The highest BCUT2D eigenvalue weighted by Crippen LogP contribution is 2.22. The SMILES string of the molecule is Cc1ccc(S(=O)(=O)NCCCN2CCN(c3ccccc3)CC2)cc1[N+](=O)[O-]. The second kappa shape index (κ2) is 9.34. The normalized spacial score (nSPS) is 15.4. The van der Waals surface area contributed by atoms with Crippen molar-refractivity contribution in [2.75, 3.05) is 44.2 Å². The number of hydrogen-bond donors (Lipinski definition) is 1. The second-order valence-corrected chi connectivity index (χ2v) is 8.89. The highest BCUT2D eigenvalue weighted by atomic mass is 32.2. The monoisotopic (exact) mass is 418 g/mol. The molecule has 0 atom stereocenters. The lowest BCUT2D eigenvalue weighted by atomic mass is 10.2. The van der Waals surface area contributed by atoms with Crippen molar-refractivity contribution in [3.63, 3.8) is 0 Å². The number of rotatable bonds is 8. The Morgan fingerprint density at radius 3 is 2.41 bits per heavy atom. The molecule has 3 rings (SSSR count). The van der Waals surface area contributed by atoms with E-state index in [2.05, 4.69) is 26.7 Å². The average molecular weight is 419 g/mol. The number of benzene rings is 2. The molecular formula is C20H26N4O4S. The Hall–Kier alpha value is -2.49. The van der Waals surface area contributed by atoms with Crippen molar-refractivity contribution < 1.29 is 13.3 Å². The lowest BCUT2D eigenvalue weighted by Gasteiger charge is -2.36. The van der Waals surface area contributed by atoms with Crippen LogP contribution < -0.4 is 9.62 Å². The van der Waals surface area contributed by atoms with Crippen LogP contribution in [-0.2, 0) is 10.0 Å². The fraction of sp³-hybridized carbons (Fsp3) is 0.400. The van der Waals surface area contributed by atoms with Crippen molar-refractivity contribution >= 4 is 21.4 Å². The number of nitrogens with one attached hydrogen (secondary N) is 1. The van der Waals surface area contributed by atoms with Gasteiger partial charge in [-0.3, -0.25) is 15.0 Å². The van der Waals surface area contributed by atoms with Crippen molar-refractivity contribution in [3.05, 3.63) is 64.2 Å². The molecule has 1 fully saturated rings. The molecule has 0 aliphatic carbocycles. The van der Waals surface area contributed by atoms with Gasteiger partial charge >= 0.3 is 0 Å². The quantitative estimate of drug-likeness (QED) is 0.402. The molecule has 0 bridgehead atoms. The molecule has 1 heterocycles. The highest BCUT2D eigenvalue weighted by Gasteiger charge is 2.20. The van der Waals surface area contributed by atoms with Crippen LogP contribution in [0.15, 0.2) is 53.4 Å². The summed E-state index contributed by atoms with van der Waals surface area (Å²) in [6.07, 6.45) is 0.679. The van der Waals surface area contributed by atoms with Gasteiger partial charge in [0.2, 0.25) is 10.0 Å². The molecule has 156 valence electrons. The molecular weight excluding hydrogens is 392 g/mol. The van der Waals surface area contributed by atoms with E-state index in [4.69, 9.17) is 0 Å². The summed E-state index contributed by atoms with van der Waals surface area (Å²) in [7, 11) is -3.76. The van der Waals surface area contributed by atoms with Crippen LogP contribution in [-0.4, -0.2) is 57.5 Å². The highest BCUT2D eigenvalue weighted by molar-refractivity contribution is 7.89. The summed E-state index contributed by atoms with van der Waals surface area (Å²) < 4.78 is 27.4. The molecule has 2 aromatic carbocycles. The predicted molar refractivity (Wildman–Crippen MR) is 113 cm³/mol. The van der Waals surface area contributed by atoms with Crippen LogP contribution in [0.5, 0.6) is 0 Å². The number of nitro groups is 1. The third-order valence-electron chi connectivity index (χ3n) is 5.12. The summed E-state index contributed by atoms with van der Waals surface area (Å²) in [5.41, 5.74) is 1.47. The first kappa shape index (κ1) is 21.2. The van der Waals surface area contributed by atoms with E-state index < -0.39 is 14.9 Å². The molecule has 1 N–H and O–H groups in total. The molecule has 29 heavy (non-hydrogen) atoms. The minimum absolute atomic E-state index is 0.0775. The van der Waals surface area contributed by atoms with Crippen LogP contribution in [0.3, 0.4) is 0 Å². The molecule has 1 aliphatic rings. The van der Waals surface area contributed by atoms with Crippen LogP contribution >= 0.6 is 0 Å². The lowest BCUT2D eigenvalue weighted by Crippen LogP contribution is -2.47. The molecule has 0 radical (unpaired) electrons. The van der Waals surface area contributed by atoms with Gasteiger partial charge < -0.3 is 4.90 Å². The fourth-order valence-electron chi connectivity index (χ4n) is 3.41. The molecule has 1 aliphatic heterocycles. The minimum atomic E-state index is -3.76. The molecule has 0 aromatic heterocycles. The average Bonchev–Trinajstić information content (AvgIpc) is 2.72. The molecule has 2 aromatic rings. The first-order chi connectivity index (χ1) is 13.9. The topological polar surface area (TPSA) is 95.8 Å². The summed E-state index contributed by atoms with van der Waals surface area (Å²) in [6.45, 7) is 6.45. The molecule has 1 saturated heterocycles. The molecule has 0 amide bonds. The van der Waals surface area contributed by atoms with Crippen molar-refractivity contribution in [3.8, 4) is 0 Å². The van der Waals surface area contributed by atoms with E-state index in [1.165, 1.54) is 17.8 Å². The Morgan fingerprint density at radius 2 is 1.76 bits per heavy atom. The van der Waals surface area contributed by atoms with Crippen LogP contribution in [0.1, 0.15) is 12.0 Å². The zero-order valence-electron chi connectivity index (χ0n) is 16.5. The van der Waals surface area contributed by atoms with E-state index in [0.29, 0.717) is 18.5 Å². The Balaban J connectivity index is 1.45. The third kappa shape index (κ3) is 5.53. The maximum atomic E-state index is 12.4. The zero-order chi connectivity index (χ0) is 20.9. The van der Waals surface area contributed by atoms with Gasteiger partial charge in [0, 0.05) is 50.0 Å². The number of nitro benzene ring substituents is 1. The summed E-state index contributed by atoms with van der Waals surface area (Å²) >= 11 is 0. The summed E-state index contributed by atoms with van der Waals surface area (Å²) in [4.78, 5) is 15.1. The number of sulfonamides is 1. The van der Waals surface area contributed by atoms with Gasteiger partial charge in [-0.25, -0.2) is 13.1 Å². The summed E-state index contributed by atoms with van der Waals surface area (Å²) in [5.74, 6) is 0. The smallest absolute Gasteiger partial charge is 0.273 e. The van der Waals surface area contributed by atoms with Gasteiger partial charge in [0.25, 0.3) is 5.69 Å². The maximum Gasteiger partial charge on any atom is 0.273 e. The van der Waals surface area contributed by atoms with E-state index in [1.807, 2.05) is 18.2 Å². The summed E-state index contributed by atoms with van der Waals surface area (Å²) in [5, 5.41) is 11.0. The van der Waals surface area contributed by atoms with Crippen LogP contribution in [0.2, 0.25) is 0 Å². The zero-order valence-corrected chi connectivity index (χ0v) is 17.3. The van der Waals surface area contributed by atoms with Gasteiger partial charge in [0.15, 0.2) is 0 Å². The number of anilines is 1. The van der Waals surface area contributed by atoms with Gasteiger partial charge in [0.05, 0.1) is 9.82 Å². The third-order valence-corrected chi connectivity index (χ3v) is 6.58. The van der Waals surface area contributed by atoms with Crippen molar-refractivity contribution in [1.82, 2.24) is 9.62 Å². The summed E-state index contributed by atoms with van der Waals surface area (Å²) in [6, 6.07) is 14.3. The predicted octanol–water partition coefficient (Wildman–Crippen LogP) is 2.39. The van der Waals surface area contributed by atoms with Crippen LogP contribution in [0.25, 0.3) is 0 Å². The molecule has 0 spiro atoms. The molecule has 0 unspecified atom stereocenters. The fourth-order valence-corrected chi connectivity index (χ4v) is 4.51. The van der Waals surface area contributed by atoms with Gasteiger partial charge in [-0.05, 0) is 38.1 Å². The van der Waals surface area contributed by atoms with Crippen molar-refractivity contribution in [2.24, 2.45) is 0 Å². The van der Waals surface area contributed by atoms with Crippen molar-refractivity contribution in [1.29, 1.82) is 0 Å². The van der Waals surface area contributed by atoms with E-state index in [-0.39, 0.29) is 10.6 Å². The Labute approximate surface area is 171 Å².